The van der Waals surface area contributed by atoms with Crippen molar-refractivity contribution in [2.24, 2.45) is 5.73 Å². The smallest absolute Gasteiger partial charge is 0.223 e. The Bertz CT molecular complexity index is 356. The molecule has 0 saturated carbocycles. The molecule has 7 heteroatoms. The third-order valence-corrected chi connectivity index (χ3v) is 5.64. The number of rotatable bonds is 5. The molecule has 0 aliphatic carbocycles. The predicted octanol–water partition coefficient (Wildman–Crippen LogP) is 0.102. The number of nitrogens with two attached hydrogens (primary N) is 1. The van der Waals surface area contributed by atoms with Crippen molar-refractivity contribution >= 4 is 27.2 Å². The monoisotopic (exact) mass is 266 g/mol. The van der Waals surface area contributed by atoms with E-state index in [2.05, 4.69) is 0 Å². The van der Waals surface area contributed by atoms with E-state index in [-0.39, 0.29) is 11.1 Å². The van der Waals surface area contributed by atoms with E-state index in [0.717, 1.165) is 6.42 Å². The minimum atomic E-state index is -3.41. The van der Waals surface area contributed by atoms with E-state index in [4.69, 9.17) is 22.7 Å². The van der Waals surface area contributed by atoms with Crippen molar-refractivity contribution in [3.8, 4) is 0 Å². The van der Waals surface area contributed by atoms with Crippen LogP contribution in [-0.4, -0.2) is 49.3 Å². The molecule has 16 heavy (non-hydrogen) atoms. The van der Waals surface area contributed by atoms with Crippen molar-refractivity contribution in [3.05, 3.63) is 0 Å². The molecule has 1 aliphatic rings. The first-order chi connectivity index (χ1) is 7.43. The first-order valence-corrected chi connectivity index (χ1v) is 7.15. The Balaban J connectivity index is 2.82. The summed E-state index contributed by atoms with van der Waals surface area (Å²) in [4.78, 5) is 0.0448. The van der Waals surface area contributed by atoms with Gasteiger partial charge in [-0.15, -0.1) is 0 Å². The molecule has 0 aromatic heterocycles. The summed E-state index contributed by atoms with van der Waals surface area (Å²) < 4.78 is 30.9. The molecule has 1 aliphatic heterocycles. The quantitative estimate of drug-likeness (QED) is 0.715. The maximum Gasteiger partial charge on any atom is 0.223 e. The molecule has 0 radical (unpaired) electrons. The topological polar surface area (TPSA) is 72.6 Å². The van der Waals surface area contributed by atoms with Gasteiger partial charge in [0.25, 0.3) is 0 Å². The zero-order chi connectivity index (χ0) is 12.3. The van der Waals surface area contributed by atoms with Crippen molar-refractivity contribution < 1.29 is 13.2 Å². The highest BCUT2D eigenvalue weighted by Crippen LogP contribution is 2.20. The molecule has 1 fully saturated rings. The molecule has 0 bridgehead atoms. The van der Waals surface area contributed by atoms with Crippen LogP contribution in [0.5, 0.6) is 0 Å². The van der Waals surface area contributed by atoms with Gasteiger partial charge in [-0.1, -0.05) is 19.1 Å². The Labute approximate surface area is 102 Å². The number of hydrogen-bond donors (Lipinski definition) is 1. The van der Waals surface area contributed by atoms with Crippen molar-refractivity contribution in [2.45, 2.75) is 31.1 Å². The number of thiocarbonyl (C=S) groups is 1. The summed E-state index contributed by atoms with van der Waals surface area (Å²) in [5, 5.41) is -0.752. The van der Waals surface area contributed by atoms with Crippen molar-refractivity contribution in [1.82, 2.24) is 4.31 Å². The van der Waals surface area contributed by atoms with Gasteiger partial charge < -0.3 is 10.5 Å². The summed E-state index contributed by atoms with van der Waals surface area (Å²) in [6.07, 6.45) is 1.12. The summed E-state index contributed by atoms with van der Waals surface area (Å²) in [7, 11) is -1.82. The molecule has 2 atom stereocenters. The van der Waals surface area contributed by atoms with Gasteiger partial charge in [0.15, 0.2) is 0 Å². The summed E-state index contributed by atoms with van der Waals surface area (Å²) in [6.45, 7) is 2.66. The van der Waals surface area contributed by atoms with E-state index < -0.39 is 15.3 Å². The van der Waals surface area contributed by atoms with E-state index in [1.54, 1.807) is 14.0 Å². The number of sulfonamides is 1. The lowest BCUT2D eigenvalue weighted by atomic mass is 10.3. The van der Waals surface area contributed by atoms with Gasteiger partial charge in [-0.3, -0.25) is 0 Å². The molecule has 1 heterocycles. The zero-order valence-electron chi connectivity index (χ0n) is 9.55. The van der Waals surface area contributed by atoms with Gasteiger partial charge in [0, 0.05) is 20.2 Å². The molecule has 1 rings (SSSR count). The van der Waals surface area contributed by atoms with E-state index in [9.17, 15) is 8.42 Å². The van der Waals surface area contributed by atoms with Gasteiger partial charge in [-0.25, -0.2) is 8.42 Å². The third kappa shape index (κ3) is 2.71. The Morgan fingerprint density at radius 1 is 1.69 bits per heavy atom. The van der Waals surface area contributed by atoms with Crippen LogP contribution in [0.15, 0.2) is 0 Å². The van der Waals surface area contributed by atoms with E-state index >= 15 is 0 Å². The minimum absolute atomic E-state index is 0.0152. The molecule has 0 aromatic rings. The van der Waals surface area contributed by atoms with Crippen LogP contribution in [0.2, 0.25) is 0 Å². The summed E-state index contributed by atoms with van der Waals surface area (Å²) >= 11 is 4.80. The second kappa shape index (κ2) is 5.39. The predicted molar refractivity (Wildman–Crippen MR) is 66.8 cm³/mol. The lowest BCUT2D eigenvalue weighted by Gasteiger charge is -2.22. The standard InChI is InChI=1S/C9H18N2O3S2/c1-3-8(9(10)15)16(12,13)11-5-4-7(6-11)14-2/h7-8H,3-6H2,1-2H3,(H2,10,15). The largest absolute Gasteiger partial charge is 0.392 e. The average molecular weight is 266 g/mol. The molecule has 5 nitrogen and oxygen atoms in total. The molecule has 94 valence electrons. The van der Waals surface area contributed by atoms with Crippen LogP contribution in [0.4, 0.5) is 0 Å². The number of methoxy groups -OCH3 is 1. The van der Waals surface area contributed by atoms with Crippen LogP contribution in [-0.2, 0) is 14.8 Å². The maximum atomic E-state index is 12.2. The molecule has 0 spiro atoms. The van der Waals surface area contributed by atoms with E-state index in [1.165, 1.54) is 4.31 Å². The Hall–Kier alpha value is -0.240. The number of nitrogens with zero attached hydrogens (tertiary/aromatic N) is 1. The van der Waals surface area contributed by atoms with Crippen LogP contribution < -0.4 is 5.73 Å². The SMILES string of the molecule is CCC(C(N)=S)S(=O)(=O)N1CCC(OC)C1. The molecular formula is C9H18N2O3S2. The highest BCUT2D eigenvalue weighted by Gasteiger charge is 2.37. The van der Waals surface area contributed by atoms with E-state index in [1.807, 2.05) is 0 Å². The van der Waals surface area contributed by atoms with Gasteiger partial charge in [-0.05, 0) is 12.8 Å². The average Bonchev–Trinajstić information content (AvgIpc) is 2.66. The van der Waals surface area contributed by atoms with Crippen LogP contribution in [0.1, 0.15) is 19.8 Å². The first kappa shape index (κ1) is 13.8. The highest BCUT2D eigenvalue weighted by molar-refractivity contribution is 7.92. The molecule has 2 unspecified atom stereocenters. The second-order valence-electron chi connectivity index (χ2n) is 3.85. The van der Waals surface area contributed by atoms with Crippen molar-refractivity contribution in [3.63, 3.8) is 0 Å². The van der Waals surface area contributed by atoms with Crippen molar-refractivity contribution in [1.29, 1.82) is 0 Å². The van der Waals surface area contributed by atoms with Crippen LogP contribution >= 0.6 is 12.2 Å². The van der Waals surface area contributed by atoms with Crippen LogP contribution in [0, 0.1) is 0 Å². The van der Waals surface area contributed by atoms with Gasteiger partial charge in [-0.2, -0.15) is 4.31 Å². The Morgan fingerprint density at radius 2 is 2.31 bits per heavy atom. The normalized spacial score (nSPS) is 24.5. The van der Waals surface area contributed by atoms with Crippen molar-refractivity contribution in [2.75, 3.05) is 20.2 Å². The molecule has 0 aromatic carbocycles. The van der Waals surface area contributed by atoms with Gasteiger partial charge in [0.2, 0.25) is 10.0 Å². The Kier molecular flexibility index (Phi) is 4.66. The van der Waals surface area contributed by atoms with Gasteiger partial charge in [0.05, 0.1) is 11.1 Å². The lowest BCUT2D eigenvalue weighted by Crippen LogP contribution is -2.43. The third-order valence-electron chi connectivity index (χ3n) is 2.85. The fourth-order valence-electron chi connectivity index (χ4n) is 1.86. The fourth-order valence-corrected chi connectivity index (χ4v) is 4.20. The summed E-state index contributed by atoms with van der Waals surface area (Å²) in [6, 6.07) is 0. The molecule has 2 N–H and O–H groups in total. The second-order valence-corrected chi connectivity index (χ2v) is 6.44. The zero-order valence-corrected chi connectivity index (χ0v) is 11.2. The summed E-state index contributed by atoms with van der Waals surface area (Å²) in [5.41, 5.74) is 5.46. The minimum Gasteiger partial charge on any atom is -0.392 e. The Morgan fingerprint density at radius 3 is 2.69 bits per heavy atom. The van der Waals surface area contributed by atoms with Gasteiger partial charge >= 0.3 is 0 Å². The fraction of sp³-hybridized carbons (Fsp3) is 0.889. The van der Waals surface area contributed by atoms with E-state index in [0.29, 0.717) is 19.5 Å². The molecule has 1 saturated heterocycles. The van der Waals surface area contributed by atoms with Crippen LogP contribution in [0.3, 0.4) is 0 Å². The summed E-state index contributed by atoms with van der Waals surface area (Å²) in [5.74, 6) is 0. The number of ether oxygens (including phenoxy) is 1. The maximum absolute atomic E-state index is 12.2. The molecular weight excluding hydrogens is 248 g/mol. The first-order valence-electron chi connectivity index (χ1n) is 5.24. The highest BCUT2D eigenvalue weighted by atomic mass is 32.2. The van der Waals surface area contributed by atoms with Crippen LogP contribution in [0.25, 0.3) is 0 Å². The lowest BCUT2D eigenvalue weighted by molar-refractivity contribution is 0.115. The van der Waals surface area contributed by atoms with Gasteiger partial charge in [0.1, 0.15) is 5.25 Å². The molecule has 0 amide bonds. The number of hydrogen-bond acceptors (Lipinski definition) is 4.